The molecule has 0 aliphatic rings. The van der Waals surface area contributed by atoms with E-state index in [9.17, 15) is 0 Å². The van der Waals surface area contributed by atoms with Crippen LogP contribution in [0, 0.1) is 13.8 Å². The van der Waals surface area contributed by atoms with Gasteiger partial charge in [-0.2, -0.15) is 0 Å². The van der Waals surface area contributed by atoms with E-state index in [1.165, 1.54) is 11.8 Å². The van der Waals surface area contributed by atoms with Crippen LogP contribution >= 0.6 is 23.4 Å². The number of hydrogen-bond donors (Lipinski definition) is 1. The lowest BCUT2D eigenvalue weighted by atomic mass is 10.3. The van der Waals surface area contributed by atoms with Crippen LogP contribution in [0.4, 0.5) is 5.82 Å². The third-order valence-corrected chi connectivity index (χ3v) is 4.00. The van der Waals surface area contributed by atoms with Crippen LogP contribution in [0.15, 0.2) is 21.8 Å². The quantitative estimate of drug-likeness (QED) is 0.798. The highest BCUT2D eigenvalue weighted by molar-refractivity contribution is 7.98. The van der Waals surface area contributed by atoms with Crippen molar-refractivity contribution in [1.82, 2.24) is 9.97 Å². The van der Waals surface area contributed by atoms with E-state index in [1.807, 2.05) is 26.0 Å². The number of hydrogen-bond acceptors (Lipinski definition) is 5. The van der Waals surface area contributed by atoms with Crippen LogP contribution in [0.3, 0.4) is 0 Å². The average molecular weight is 312 g/mol. The summed E-state index contributed by atoms with van der Waals surface area (Å²) < 4.78 is 5.54. The predicted octanol–water partition coefficient (Wildman–Crippen LogP) is 4.45. The Balaban J connectivity index is 2.04. The molecule has 0 atom stereocenters. The largest absolute Gasteiger partial charge is 0.437 e. The first-order valence-electron chi connectivity index (χ1n) is 6.56. The maximum absolute atomic E-state index is 6.18. The zero-order valence-corrected chi connectivity index (χ0v) is 13.4. The summed E-state index contributed by atoms with van der Waals surface area (Å²) in [5.41, 5.74) is 1.76. The van der Waals surface area contributed by atoms with Gasteiger partial charge in [-0.3, -0.25) is 0 Å². The van der Waals surface area contributed by atoms with Gasteiger partial charge in [-0.1, -0.05) is 30.3 Å². The van der Waals surface area contributed by atoms with Gasteiger partial charge in [0.2, 0.25) is 0 Å². The third kappa shape index (κ3) is 3.90. The Bertz CT molecular complexity index is 566. The van der Waals surface area contributed by atoms with E-state index in [0.717, 1.165) is 35.9 Å². The van der Waals surface area contributed by atoms with Gasteiger partial charge < -0.3 is 9.73 Å². The molecule has 2 aromatic heterocycles. The molecule has 6 heteroatoms. The minimum absolute atomic E-state index is 0.639. The molecule has 0 fully saturated rings. The van der Waals surface area contributed by atoms with E-state index in [1.54, 1.807) is 0 Å². The van der Waals surface area contributed by atoms with Gasteiger partial charge in [0.1, 0.15) is 11.6 Å². The lowest BCUT2D eigenvalue weighted by Gasteiger charge is -2.07. The van der Waals surface area contributed by atoms with Crippen LogP contribution in [-0.2, 0) is 5.75 Å². The first kappa shape index (κ1) is 15.2. The number of halogens is 1. The Morgan fingerprint density at radius 2 is 2.10 bits per heavy atom. The smallest absolute Gasteiger partial charge is 0.256 e. The predicted molar refractivity (Wildman–Crippen MR) is 83.6 cm³/mol. The molecule has 0 amide bonds. The fourth-order valence-corrected chi connectivity index (χ4v) is 2.69. The van der Waals surface area contributed by atoms with Gasteiger partial charge in [0, 0.05) is 12.3 Å². The summed E-state index contributed by atoms with van der Waals surface area (Å²) in [6.07, 6.45) is 1.06. The number of aryl methyl sites for hydroxylation is 2. The van der Waals surface area contributed by atoms with E-state index in [0.29, 0.717) is 16.0 Å². The number of nitrogens with zero attached hydrogens (tertiary/aromatic N) is 2. The molecule has 1 N–H and O–H groups in total. The van der Waals surface area contributed by atoms with Gasteiger partial charge in [0.15, 0.2) is 0 Å². The molecule has 0 radical (unpaired) electrons. The molecule has 108 valence electrons. The highest BCUT2D eigenvalue weighted by Crippen LogP contribution is 2.27. The fourth-order valence-electron chi connectivity index (χ4n) is 1.57. The second kappa shape index (κ2) is 6.99. The van der Waals surface area contributed by atoms with Gasteiger partial charge in [-0.25, -0.2) is 9.97 Å². The van der Waals surface area contributed by atoms with Gasteiger partial charge in [0.05, 0.1) is 16.4 Å². The summed E-state index contributed by atoms with van der Waals surface area (Å²) in [6, 6.07) is 3.76. The summed E-state index contributed by atoms with van der Waals surface area (Å²) in [5.74, 6) is 2.34. The van der Waals surface area contributed by atoms with E-state index in [4.69, 9.17) is 16.0 Å². The SMILES string of the molecule is CCCNc1ccc(Cl)c(CSc2nc(C)c(C)o2)n1. The van der Waals surface area contributed by atoms with Crippen molar-refractivity contribution < 1.29 is 4.42 Å². The molecule has 0 spiro atoms. The summed E-state index contributed by atoms with van der Waals surface area (Å²) in [4.78, 5) is 8.86. The fraction of sp³-hybridized carbons (Fsp3) is 0.429. The zero-order valence-electron chi connectivity index (χ0n) is 11.9. The normalized spacial score (nSPS) is 10.8. The number of pyridine rings is 1. The minimum atomic E-state index is 0.639. The van der Waals surface area contributed by atoms with Crippen LogP contribution in [0.1, 0.15) is 30.5 Å². The number of aromatic nitrogens is 2. The molecule has 0 aliphatic heterocycles. The second-order valence-electron chi connectivity index (χ2n) is 4.46. The number of anilines is 1. The number of nitrogens with one attached hydrogen (secondary N) is 1. The lowest BCUT2D eigenvalue weighted by Crippen LogP contribution is -2.03. The van der Waals surface area contributed by atoms with Gasteiger partial charge in [-0.15, -0.1) is 0 Å². The Labute approximate surface area is 128 Å². The molecule has 2 heterocycles. The van der Waals surface area contributed by atoms with Crippen molar-refractivity contribution in [2.75, 3.05) is 11.9 Å². The van der Waals surface area contributed by atoms with E-state index in [-0.39, 0.29) is 0 Å². The number of thioether (sulfide) groups is 1. The molecule has 0 bridgehead atoms. The Morgan fingerprint density at radius 3 is 2.75 bits per heavy atom. The summed E-state index contributed by atoms with van der Waals surface area (Å²) >= 11 is 7.68. The summed E-state index contributed by atoms with van der Waals surface area (Å²) in [6.45, 7) is 6.86. The molecule has 0 aliphatic carbocycles. The Hall–Kier alpha value is -1.20. The van der Waals surface area contributed by atoms with Crippen LogP contribution in [0.2, 0.25) is 5.02 Å². The first-order chi connectivity index (χ1) is 9.60. The molecular formula is C14H18ClN3OS. The van der Waals surface area contributed by atoms with Crippen LogP contribution in [-0.4, -0.2) is 16.5 Å². The molecule has 4 nitrogen and oxygen atoms in total. The number of oxazole rings is 1. The van der Waals surface area contributed by atoms with Crippen molar-refractivity contribution in [3.05, 3.63) is 34.3 Å². The first-order valence-corrected chi connectivity index (χ1v) is 7.92. The molecule has 20 heavy (non-hydrogen) atoms. The van der Waals surface area contributed by atoms with Gasteiger partial charge in [0.25, 0.3) is 5.22 Å². The maximum Gasteiger partial charge on any atom is 0.256 e. The van der Waals surface area contributed by atoms with Crippen molar-refractivity contribution in [3.63, 3.8) is 0 Å². The lowest BCUT2D eigenvalue weighted by molar-refractivity contribution is 0.431. The van der Waals surface area contributed by atoms with Gasteiger partial charge in [-0.05, 0) is 32.4 Å². The van der Waals surface area contributed by atoms with E-state index in [2.05, 4.69) is 22.2 Å². The van der Waals surface area contributed by atoms with Crippen molar-refractivity contribution in [2.24, 2.45) is 0 Å². The highest BCUT2D eigenvalue weighted by atomic mass is 35.5. The zero-order chi connectivity index (χ0) is 14.5. The van der Waals surface area contributed by atoms with E-state index >= 15 is 0 Å². The third-order valence-electron chi connectivity index (χ3n) is 2.82. The van der Waals surface area contributed by atoms with Gasteiger partial charge >= 0.3 is 0 Å². The number of rotatable bonds is 6. The highest BCUT2D eigenvalue weighted by Gasteiger charge is 2.09. The summed E-state index contributed by atoms with van der Waals surface area (Å²) in [5, 5.41) is 4.58. The molecular weight excluding hydrogens is 294 g/mol. The molecule has 2 aromatic rings. The average Bonchev–Trinajstić information content (AvgIpc) is 2.75. The Morgan fingerprint density at radius 1 is 1.30 bits per heavy atom. The van der Waals surface area contributed by atoms with Crippen molar-refractivity contribution in [3.8, 4) is 0 Å². The van der Waals surface area contributed by atoms with Crippen LogP contribution in [0.5, 0.6) is 0 Å². The van der Waals surface area contributed by atoms with Crippen LogP contribution in [0.25, 0.3) is 0 Å². The molecule has 0 aromatic carbocycles. The second-order valence-corrected chi connectivity index (χ2v) is 5.80. The Kier molecular flexibility index (Phi) is 5.31. The monoisotopic (exact) mass is 311 g/mol. The summed E-state index contributed by atoms with van der Waals surface area (Å²) in [7, 11) is 0. The molecule has 0 saturated heterocycles. The molecule has 0 saturated carbocycles. The topological polar surface area (TPSA) is 51.0 Å². The standard InChI is InChI=1S/C14H18ClN3OS/c1-4-7-16-13-6-5-11(15)12(18-13)8-20-14-17-9(2)10(3)19-14/h5-6H,4,7-8H2,1-3H3,(H,16,18). The van der Waals surface area contributed by atoms with Crippen molar-refractivity contribution in [2.45, 2.75) is 38.2 Å². The maximum atomic E-state index is 6.18. The molecule has 2 rings (SSSR count). The van der Waals surface area contributed by atoms with Crippen LogP contribution < -0.4 is 5.32 Å². The molecule has 0 unspecified atom stereocenters. The van der Waals surface area contributed by atoms with Crippen molar-refractivity contribution in [1.29, 1.82) is 0 Å². The van der Waals surface area contributed by atoms with E-state index < -0.39 is 0 Å². The van der Waals surface area contributed by atoms with Crippen molar-refractivity contribution >= 4 is 29.2 Å². The minimum Gasteiger partial charge on any atom is -0.437 e.